The molecular weight excluding hydrogens is 144 g/mol. The molecule has 0 saturated heterocycles. The van der Waals surface area contributed by atoms with E-state index in [0.717, 1.165) is 0 Å². The minimum absolute atomic E-state index is 0.687. The molecule has 0 bridgehead atoms. The van der Waals surface area contributed by atoms with Gasteiger partial charge in [0, 0.05) is 0 Å². The van der Waals surface area contributed by atoms with Gasteiger partial charge in [-0.1, -0.05) is 51.5 Å². The van der Waals surface area contributed by atoms with Crippen LogP contribution in [0.15, 0.2) is 36.0 Å². The van der Waals surface area contributed by atoms with Crippen molar-refractivity contribution in [2.45, 2.75) is 33.1 Å². The lowest BCUT2D eigenvalue weighted by Gasteiger charge is -2.12. The van der Waals surface area contributed by atoms with Crippen LogP contribution in [0.1, 0.15) is 33.1 Å². The van der Waals surface area contributed by atoms with E-state index < -0.39 is 0 Å². The molecule has 0 saturated carbocycles. The summed E-state index contributed by atoms with van der Waals surface area (Å²) in [4.78, 5) is 0. The van der Waals surface area contributed by atoms with Crippen molar-refractivity contribution in [1.29, 1.82) is 0 Å². The van der Waals surface area contributed by atoms with Crippen LogP contribution in [-0.4, -0.2) is 0 Å². The fraction of sp³-hybridized carbons (Fsp3) is 0.500. The Morgan fingerprint density at radius 2 is 2.25 bits per heavy atom. The molecular formula is C12H18. The predicted octanol–water partition coefficient (Wildman–Crippen LogP) is 3.87. The third-order valence-electron chi connectivity index (χ3n) is 2.47. The van der Waals surface area contributed by atoms with E-state index in [4.69, 9.17) is 0 Å². The lowest BCUT2D eigenvalue weighted by Crippen LogP contribution is -1.98. The summed E-state index contributed by atoms with van der Waals surface area (Å²) in [6, 6.07) is 0. The van der Waals surface area contributed by atoms with Crippen LogP contribution in [0.3, 0.4) is 0 Å². The van der Waals surface area contributed by atoms with Gasteiger partial charge in [-0.15, -0.1) is 0 Å². The van der Waals surface area contributed by atoms with Crippen molar-refractivity contribution in [1.82, 2.24) is 0 Å². The summed E-state index contributed by atoms with van der Waals surface area (Å²) < 4.78 is 0. The first-order valence-electron chi connectivity index (χ1n) is 4.83. The highest BCUT2D eigenvalue weighted by molar-refractivity contribution is 5.47. The molecule has 0 fully saturated rings. The van der Waals surface area contributed by atoms with Crippen molar-refractivity contribution in [3.8, 4) is 0 Å². The Morgan fingerprint density at radius 1 is 1.50 bits per heavy atom. The van der Waals surface area contributed by atoms with E-state index in [1.54, 1.807) is 0 Å². The van der Waals surface area contributed by atoms with Gasteiger partial charge in [-0.25, -0.2) is 0 Å². The van der Waals surface area contributed by atoms with Crippen molar-refractivity contribution in [2.24, 2.45) is 5.92 Å². The van der Waals surface area contributed by atoms with Crippen molar-refractivity contribution >= 4 is 0 Å². The minimum Gasteiger partial charge on any atom is -0.0915 e. The molecule has 0 N–H and O–H groups in total. The maximum Gasteiger partial charge on any atom is -0.0185 e. The van der Waals surface area contributed by atoms with Gasteiger partial charge in [0.25, 0.3) is 0 Å². The normalized spacial score (nSPS) is 18.2. The fourth-order valence-corrected chi connectivity index (χ4v) is 1.62. The number of hydrogen-bond donors (Lipinski definition) is 0. The Balaban J connectivity index is 2.43. The van der Waals surface area contributed by atoms with E-state index in [1.807, 2.05) is 0 Å². The Kier molecular flexibility index (Phi) is 3.33. The number of allylic oxidation sites excluding steroid dienone is 5. The van der Waals surface area contributed by atoms with Gasteiger partial charge < -0.3 is 0 Å². The van der Waals surface area contributed by atoms with Crippen molar-refractivity contribution in [3.63, 3.8) is 0 Å². The topological polar surface area (TPSA) is 0 Å². The maximum atomic E-state index is 4.01. The molecule has 0 aliphatic heterocycles. The molecule has 0 spiro atoms. The molecule has 1 aliphatic carbocycles. The average molecular weight is 162 g/mol. The van der Waals surface area contributed by atoms with Crippen molar-refractivity contribution in [2.75, 3.05) is 0 Å². The summed E-state index contributed by atoms with van der Waals surface area (Å²) in [5.74, 6) is 0.687. The summed E-state index contributed by atoms with van der Waals surface area (Å²) in [7, 11) is 0. The third kappa shape index (κ3) is 2.10. The van der Waals surface area contributed by atoms with E-state index in [9.17, 15) is 0 Å². The van der Waals surface area contributed by atoms with Crippen LogP contribution in [0.25, 0.3) is 0 Å². The van der Waals surface area contributed by atoms with Gasteiger partial charge in [-0.05, 0) is 23.5 Å². The van der Waals surface area contributed by atoms with Gasteiger partial charge in [0.05, 0.1) is 0 Å². The van der Waals surface area contributed by atoms with Crippen molar-refractivity contribution < 1.29 is 0 Å². The van der Waals surface area contributed by atoms with Gasteiger partial charge in [-0.3, -0.25) is 0 Å². The quantitative estimate of drug-likeness (QED) is 0.588. The fourth-order valence-electron chi connectivity index (χ4n) is 1.62. The first-order chi connectivity index (χ1) is 5.75. The Hall–Kier alpha value is -0.780. The van der Waals surface area contributed by atoms with Crippen LogP contribution in [0.4, 0.5) is 0 Å². The number of hydrogen-bond acceptors (Lipinski definition) is 0. The number of rotatable bonds is 4. The highest BCUT2D eigenvalue weighted by Gasteiger charge is 2.11. The highest BCUT2D eigenvalue weighted by atomic mass is 14.2. The smallest absolute Gasteiger partial charge is 0.0185 e. The molecule has 0 aromatic heterocycles. The average Bonchev–Trinajstić information content (AvgIpc) is 2.47. The van der Waals surface area contributed by atoms with Gasteiger partial charge in [0.2, 0.25) is 0 Å². The zero-order valence-corrected chi connectivity index (χ0v) is 8.14. The molecule has 0 radical (unpaired) electrons. The maximum absolute atomic E-state index is 4.01. The summed E-state index contributed by atoms with van der Waals surface area (Å²) >= 11 is 0. The summed E-state index contributed by atoms with van der Waals surface area (Å²) in [5.41, 5.74) is 2.64. The molecule has 1 atom stereocenters. The Morgan fingerprint density at radius 3 is 2.75 bits per heavy atom. The first-order valence-corrected chi connectivity index (χ1v) is 4.83. The zero-order chi connectivity index (χ0) is 8.97. The first kappa shape index (κ1) is 9.31. The summed E-state index contributed by atoms with van der Waals surface area (Å²) in [6.45, 7) is 8.54. The molecule has 1 aliphatic rings. The largest absolute Gasteiger partial charge is 0.0915 e. The van der Waals surface area contributed by atoms with E-state index >= 15 is 0 Å². The van der Waals surface area contributed by atoms with E-state index in [1.165, 1.54) is 30.4 Å². The molecule has 0 amide bonds. The lowest BCUT2D eigenvalue weighted by molar-refractivity contribution is 0.579. The van der Waals surface area contributed by atoms with Crippen LogP contribution in [-0.2, 0) is 0 Å². The summed E-state index contributed by atoms with van der Waals surface area (Å²) in [5, 5.41) is 0. The lowest BCUT2D eigenvalue weighted by atomic mass is 9.92. The number of unbranched alkanes of at least 4 members (excludes halogenated alkanes) is 1. The second-order valence-electron chi connectivity index (χ2n) is 3.55. The van der Waals surface area contributed by atoms with Crippen LogP contribution >= 0.6 is 0 Å². The van der Waals surface area contributed by atoms with Gasteiger partial charge in [-0.2, -0.15) is 0 Å². The van der Waals surface area contributed by atoms with Crippen molar-refractivity contribution in [3.05, 3.63) is 36.0 Å². The van der Waals surface area contributed by atoms with Gasteiger partial charge in [0.1, 0.15) is 0 Å². The Labute approximate surface area is 75.7 Å². The molecule has 12 heavy (non-hydrogen) atoms. The van der Waals surface area contributed by atoms with Crippen LogP contribution in [0, 0.1) is 5.92 Å². The van der Waals surface area contributed by atoms with Crippen LogP contribution in [0.2, 0.25) is 0 Å². The zero-order valence-electron chi connectivity index (χ0n) is 8.14. The second kappa shape index (κ2) is 4.30. The third-order valence-corrected chi connectivity index (χ3v) is 2.47. The molecule has 0 aromatic carbocycles. The van der Waals surface area contributed by atoms with E-state index in [0.29, 0.717) is 5.92 Å². The highest BCUT2D eigenvalue weighted by Crippen LogP contribution is 2.27. The van der Waals surface area contributed by atoms with Gasteiger partial charge >= 0.3 is 0 Å². The second-order valence-corrected chi connectivity index (χ2v) is 3.55. The SMILES string of the molecule is C=C1C=CC=C1C(C)CCCC. The molecule has 0 aromatic rings. The standard InChI is InChI=1S/C12H18/c1-4-5-7-10(2)12-9-6-8-11(12)3/h6,8-10H,3-5,7H2,1-2H3. The minimum atomic E-state index is 0.687. The van der Waals surface area contributed by atoms with Crippen LogP contribution < -0.4 is 0 Å². The Bertz CT molecular complexity index is 218. The van der Waals surface area contributed by atoms with E-state index in [2.05, 4.69) is 38.7 Å². The molecule has 0 heteroatoms. The molecule has 0 heterocycles. The van der Waals surface area contributed by atoms with Crippen LogP contribution in [0.5, 0.6) is 0 Å². The molecule has 1 rings (SSSR count). The molecule has 1 unspecified atom stereocenters. The molecule has 66 valence electrons. The van der Waals surface area contributed by atoms with E-state index in [-0.39, 0.29) is 0 Å². The monoisotopic (exact) mass is 162 g/mol. The predicted molar refractivity (Wildman–Crippen MR) is 55.1 cm³/mol. The summed E-state index contributed by atoms with van der Waals surface area (Å²) in [6.07, 6.45) is 10.3. The van der Waals surface area contributed by atoms with Gasteiger partial charge in [0.15, 0.2) is 0 Å². The molecule has 0 nitrogen and oxygen atoms in total.